The van der Waals surface area contributed by atoms with Crippen LogP contribution in [0.5, 0.6) is 5.88 Å². The third-order valence-electron chi connectivity index (χ3n) is 3.25. The number of benzene rings is 1. The lowest BCUT2D eigenvalue weighted by Crippen LogP contribution is -2.01. The third kappa shape index (κ3) is 2.28. The lowest BCUT2D eigenvalue weighted by molar-refractivity contribution is 0.112. The lowest BCUT2D eigenvalue weighted by atomic mass is 10.2. The van der Waals surface area contributed by atoms with E-state index in [4.69, 9.17) is 4.74 Å². The molecule has 20 heavy (non-hydrogen) atoms. The standard InChI is InChI=1S/C16H14N2O2/c1-20-16-4-2-3-14(17-16)10-18-8-7-13-9-12(11-19)5-6-15(13)18/h2-9,11H,10H2,1H3. The first-order valence-corrected chi connectivity index (χ1v) is 6.34. The summed E-state index contributed by atoms with van der Waals surface area (Å²) in [6.45, 7) is 0.668. The van der Waals surface area contributed by atoms with Crippen molar-refractivity contribution >= 4 is 17.2 Å². The molecule has 2 aromatic heterocycles. The van der Waals surface area contributed by atoms with Crippen LogP contribution in [0.4, 0.5) is 0 Å². The van der Waals surface area contributed by atoms with Gasteiger partial charge in [-0.25, -0.2) is 4.98 Å². The van der Waals surface area contributed by atoms with Crippen molar-refractivity contribution in [2.45, 2.75) is 6.54 Å². The van der Waals surface area contributed by atoms with Crippen molar-refractivity contribution in [3.63, 3.8) is 0 Å². The topological polar surface area (TPSA) is 44.1 Å². The quantitative estimate of drug-likeness (QED) is 0.682. The molecular weight excluding hydrogens is 252 g/mol. The van der Waals surface area contributed by atoms with Gasteiger partial charge in [0.15, 0.2) is 0 Å². The summed E-state index contributed by atoms with van der Waals surface area (Å²) in [5, 5.41) is 1.05. The van der Waals surface area contributed by atoms with Crippen LogP contribution in [0.1, 0.15) is 16.1 Å². The summed E-state index contributed by atoms with van der Waals surface area (Å²) in [5.74, 6) is 0.613. The van der Waals surface area contributed by atoms with Gasteiger partial charge >= 0.3 is 0 Å². The number of carbonyl (C=O) groups is 1. The molecule has 0 atom stereocenters. The summed E-state index contributed by atoms with van der Waals surface area (Å²) in [6.07, 6.45) is 2.86. The number of nitrogens with zero attached hydrogens (tertiary/aromatic N) is 2. The molecule has 0 aliphatic carbocycles. The smallest absolute Gasteiger partial charge is 0.213 e. The van der Waals surface area contributed by atoms with Gasteiger partial charge in [0.25, 0.3) is 0 Å². The number of pyridine rings is 1. The van der Waals surface area contributed by atoms with Gasteiger partial charge in [-0.3, -0.25) is 4.79 Å². The molecule has 0 aliphatic heterocycles. The van der Waals surface area contributed by atoms with Gasteiger partial charge in [-0.15, -0.1) is 0 Å². The minimum absolute atomic E-state index is 0.613. The monoisotopic (exact) mass is 266 g/mol. The second-order valence-corrected chi connectivity index (χ2v) is 4.55. The number of rotatable bonds is 4. The fourth-order valence-corrected chi connectivity index (χ4v) is 2.26. The Morgan fingerprint density at radius 1 is 1.25 bits per heavy atom. The van der Waals surface area contributed by atoms with Crippen molar-refractivity contribution < 1.29 is 9.53 Å². The van der Waals surface area contributed by atoms with E-state index in [1.54, 1.807) is 7.11 Å². The molecule has 0 N–H and O–H groups in total. The highest BCUT2D eigenvalue weighted by molar-refractivity contribution is 5.87. The molecule has 0 saturated heterocycles. The van der Waals surface area contributed by atoms with E-state index in [1.807, 2.05) is 48.7 Å². The molecular formula is C16H14N2O2. The van der Waals surface area contributed by atoms with E-state index in [0.29, 0.717) is 18.0 Å². The number of hydrogen-bond donors (Lipinski definition) is 0. The average molecular weight is 266 g/mol. The summed E-state index contributed by atoms with van der Waals surface area (Å²) in [5.41, 5.74) is 2.70. The van der Waals surface area contributed by atoms with Gasteiger partial charge in [0, 0.05) is 28.7 Å². The zero-order chi connectivity index (χ0) is 13.9. The van der Waals surface area contributed by atoms with Crippen LogP contribution >= 0.6 is 0 Å². The van der Waals surface area contributed by atoms with Crippen LogP contribution in [0.2, 0.25) is 0 Å². The maximum atomic E-state index is 10.8. The molecule has 0 radical (unpaired) electrons. The van der Waals surface area contributed by atoms with Crippen LogP contribution in [0.3, 0.4) is 0 Å². The van der Waals surface area contributed by atoms with E-state index in [-0.39, 0.29) is 0 Å². The van der Waals surface area contributed by atoms with Crippen molar-refractivity contribution in [3.8, 4) is 5.88 Å². The van der Waals surface area contributed by atoms with Gasteiger partial charge in [-0.1, -0.05) is 6.07 Å². The molecule has 4 heteroatoms. The Morgan fingerprint density at radius 2 is 2.15 bits per heavy atom. The highest BCUT2D eigenvalue weighted by Gasteiger charge is 2.04. The highest BCUT2D eigenvalue weighted by atomic mass is 16.5. The molecule has 2 heterocycles. The van der Waals surface area contributed by atoms with E-state index in [2.05, 4.69) is 9.55 Å². The summed E-state index contributed by atoms with van der Waals surface area (Å²) < 4.78 is 7.24. The van der Waals surface area contributed by atoms with Crippen LogP contribution in [0.15, 0.2) is 48.7 Å². The van der Waals surface area contributed by atoms with E-state index in [9.17, 15) is 4.79 Å². The number of hydrogen-bond acceptors (Lipinski definition) is 3. The minimum Gasteiger partial charge on any atom is -0.481 e. The molecule has 0 unspecified atom stereocenters. The van der Waals surface area contributed by atoms with E-state index in [1.165, 1.54) is 0 Å². The van der Waals surface area contributed by atoms with Crippen LogP contribution in [0, 0.1) is 0 Å². The highest BCUT2D eigenvalue weighted by Crippen LogP contribution is 2.18. The summed E-state index contributed by atoms with van der Waals surface area (Å²) in [4.78, 5) is 15.2. The molecule has 100 valence electrons. The minimum atomic E-state index is 0.613. The van der Waals surface area contributed by atoms with Crippen molar-refractivity contribution in [3.05, 3.63) is 59.9 Å². The molecule has 0 amide bonds. The third-order valence-corrected chi connectivity index (χ3v) is 3.25. The second-order valence-electron chi connectivity index (χ2n) is 4.55. The van der Waals surface area contributed by atoms with Gasteiger partial charge < -0.3 is 9.30 Å². The fourth-order valence-electron chi connectivity index (χ4n) is 2.26. The summed E-state index contributed by atoms with van der Waals surface area (Å²) in [7, 11) is 1.61. The Hall–Kier alpha value is -2.62. The molecule has 3 rings (SSSR count). The van der Waals surface area contributed by atoms with Crippen LogP contribution in [0.25, 0.3) is 10.9 Å². The first-order chi connectivity index (χ1) is 9.80. The predicted octanol–water partition coefficient (Wildman–Crippen LogP) is 2.91. The molecule has 0 fully saturated rings. The SMILES string of the molecule is COc1cccc(Cn2ccc3cc(C=O)ccc32)n1. The van der Waals surface area contributed by atoms with Crippen molar-refractivity contribution in [1.82, 2.24) is 9.55 Å². The zero-order valence-electron chi connectivity index (χ0n) is 11.1. The molecule has 0 spiro atoms. The maximum Gasteiger partial charge on any atom is 0.213 e. The van der Waals surface area contributed by atoms with Crippen LogP contribution in [-0.4, -0.2) is 22.9 Å². The van der Waals surface area contributed by atoms with Crippen molar-refractivity contribution in [2.24, 2.45) is 0 Å². The number of methoxy groups -OCH3 is 1. The normalized spacial score (nSPS) is 10.7. The molecule has 1 aromatic carbocycles. The average Bonchev–Trinajstić information content (AvgIpc) is 2.89. The first-order valence-electron chi connectivity index (χ1n) is 6.34. The van der Waals surface area contributed by atoms with Crippen LogP contribution < -0.4 is 4.74 Å². The second kappa shape index (κ2) is 5.17. The van der Waals surface area contributed by atoms with E-state index in [0.717, 1.165) is 22.9 Å². The largest absolute Gasteiger partial charge is 0.481 e. The molecule has 0 aliphatic rings. The number of carbonyl (C=O) groups excluding carboxylic acids is 1. The Kier molecular flexibility index (Phi) is 3.21. The summed E-state index contributed by atoms with van der Waals surface area (Å²) in [6, 6.07) is 13.4. The van der Waals surface area contributed by atoms with Gasteiger partial charge in [-0.2, -0.15) is 0 Å². The van der Waals surface area contributed by atoms with Crippen molar-refractivity contribution in [1.29, 1.82) is 0 Å². The molecule has 4 nitrogen and oxygen atoms in total. The lowest BCUT2D eigenvalue weighted by Gasteiger charge is -2.06. The number of aldehydes is 1. The number of ether oxygens (including phenoxy) is 1. The Morgan fingerprint density at radius 3 is 2.95 bits per heavy atom. The van der Waals surface area contributed by atoms with E-state index >= 15 is 0 Å². The fraction of sp³-hybridized carbons (Fsp3) is 0.125. The van der Waals surface area contributed by atoms with Gasteiger partial charge in [-0.05, 0) is 30.3 Å². The van der Waals surface area contributed by atoms with Gasteiger partial charge in [0.2, 0.25) is 5.88 Å². The Bertz CT molecular complexity index is 762. The van der Waals surface area contributed by atoms with Gasteiger partial charge in [0.1, 0.15) is 6.29 Å². The zero-order valence-corrected chi connectivity index (χ0v) is 11.1. The van der Waals surface area contributed by atoms with E-state index < -0.39 is 0 Å². The number of fused-ring (bicyclic) bond motifs is 1. The number of aromatic nitrogens is 2. The molecule has 0 bridgehead atoms. The Balaban J connectivity index is 1.96. The summed E-state index contributed by atoms with van der Waals surface area (Å²) >= 11 is 0. The van der Waals surface area contributed by atoms with Gasteiger partial charge in [0.05, 0.1) is 19.3 Å². The first kappa shape index (κ1) is 12.4. The predicted molar refractivity (Wildman–Crippen MR) is 77.2 cm³/mol. The van der Waals surface area contributed by atoms with Crippen LogP contribution in [-0.2, 0) is 6.54 Å². The van der Waals surface area contributed by atoms with Crippen molar-refractivity contribution in [2.75, 3.05) is 7.11 Å². The maximum absolute atomic E-state index is 10.8. The molecule has 0 saturated carbocycles. The Labute approximate surface area is 116 Å². The molecule has 3 aromatic rings.